The van der Waals surface area contributed by atoms with Crippen molar-refractivity contribution in [2.24, 2.45) is 7.05 Å². The summed E-state index contributed by atoms with van der Waals surface area (Å²) < 4.78 is 1.75. The van der Waals surface area contributed by atoms with Crippen molar-refractivity contribution in [3.8, 4) is 0 Å². The molecular weight excluding hydrogens is 292 g/mol. The smallest absolute Gasteiger partial charge is 0.257 e. The summed E-state index contributed by atoms with van der Waals surface area (Å²) in [5, 5.41) is 10.4. The van der Waals surface area contributed by atoms with E-state index in [-0.39, 0.29) is 5.91 Å². The first-order chi connectivity index (χ1) is 10.9. The van der Waals surface area contributed by atoms with Gasteiger partial charge < -0.3 is 15.5 Å². The Morgan fingerprint density at radius 3 is 2.57 bits per heavy atom. The number of nitrogens with zero attached hydrogens (tertiary/aromatic N) is 4. The molecule has 0 atom stereocenters. The average molecular weight is 316 g/mol. The van der Waals surface area contributed by atoms with E-state index < -0.39 is 0 Å². The summed E-state index contributed by atoms with van der Waals surface area (Å²) in [6.45, 7) is 5.52. The van der Waals surface area contributed by atoms with Gasteiger partial charge in [-0.2, -0.15) is 5.10 Å². The SMILES string of the molecule is Cc1nn(C)c(C)c1NC(=O)c1ccc(NCCN(C)C)nc1. The Morgan fingerprint density at radius 2 is 2.04 bits per heavy atom. The molecule has 0 fully saturated rings. The fraction of sp³-hybridized carbons (Fsp3) is 0.438. The monoisotopic (exact) mass is 316 g/mol. The maximum atomic E-state index is 12.3. The minimum atomic E-state index is -0.184. The highest BCUT2D eigenvalue weighted by Crippen LogP contribution is 2.19. The number of hydrogen-bond acceptors (Lipinski definition) is 5. The topological polar surface area (TPSA) is 75.1 Å². The van der Waals surface area contributed by atoms with Crippen LogP contribution >= 0.6 is 0 Å². The predicted molar refractivity (Wildman–Crippen MR) is 91.9 cm³/mol. The molecule has 2 heterocycles. The van der Waals surface area contributed by atoms with Gasteiger partial charge in [-0.1, -0.05) is 0 Å². The zero-order valence-electron chi connectivity index (χ0n) is 14.3. The standard InChI is InChI=1S/C16H24N6O/c1-11-15(12(2)22(5)20-11)19-16(23)13-6-7-14(18-10-13)17-8-9-21(3)4/h6-7,10H,8-9H2,1-5H3,(H,17,18)(H,19,23). The van der Waals surface area contributed by atoms with Crippen molar-refractivity contribution in [2.45, 2.75) is 13.8 Å². The van der Waals surface area contributed by atoms with Crippen LogP contribution in [0.1, 0.15) is 21.7 Å². The molecule has 0 radical (unpaired) electrons. The summed E-state index contributed by atoms with van der Waals surface area (Å²) in [6, 6.07) is 3.58. The van der Waals surface area contributed by atoms with Crippen LogP contribution < -0.4 is 10.6 Å². The molecule has 0 aliphatic heterocycles. The lowest BCUT2D eigenvalue weighted by molar-refractivity contribution is 0.102. The molecule has 2 aromatic heterocycles. The first-order valence-electron chi connectivity index (χ1n) is 7.54. The van der Waals surface area contributed by atoms with Crippen molar-refractivity contribution >= 4 is 17.4 Å². The van der Waals surface area contributed by atoms with E-state index in [0.717, 1.165) is 36.0 Å². The van der Waals surface area contributed by atoms with Gasteiger partial charge in [0.15, 0.2) is 0 Å². The van der Waals surface area contributed by atoms with Gasteiger partial charge in [0.25, 0.3) is 5.91 Å². The second-order valence-electron chi connectivity index (χ2n) is 5.79. The molecular formula is C16H24N6O. The minimum Gasteiger partial charge on any atom is -0.369 e. The van der Waals surface area contributed by atoms with Gasteiger partial charge in [0.1, 0.15) is 5.82 Å². The van der Waals surface area contributed by atoms with Crippen LogP contribution in [0.15, 0.2) is 18.3 Å². The number of hydrogen-bond donors (Lipinski definition) is 2. The quantitative estimate of drug-likeness (QED) is 0.848. The molecule has 7 nitrogen and oxygen atoms in total. The van der Waals surface area contributed by atoms with Crippen LogP contribution in [-0.2, 0) is 7.05 Å². The van der Waals surface area contributed by atoms with E-state index in [4.69, 9.17) is 0 Å². The van der Waals surface area contributed by atoms with E-state index in [1.54, 1.807) is 16.9 Å². The van der Waals surface area contributed by atoms with E-state index in [1.165, 1.54) is 0 Å². The summed E-state index contributed by atoms with van der Waals surface area (Å²) >= 11 is 0. The Morgan fingerprint density at radius 1 is 1.30 bits per heavy atom. The van der Waals surface area contributed by atoms with E-state index in [0.29, 0.717) is 5.56 Å². The Balaban J connectivity index is 2.00. The number of amides is 1. The molecule has 0 aliphatic rings. The Hall–Kier alpha value is -2.41. The molecule has 0 aliphatic carbocycles. The number of anilines is 2. The summed E-state index contributed by atoms with van der Waals surface area (Å²) in [4.78, 5) is 18.7. The second kappa shape index (κ2) is 7.23. The lowest BCUT2D eigenvalue weighted by Gasteiger charge is -2.11. The highest BCUT2D eigenvalue weighted by Gasteiger charge is 2.14. The van der Waals surface area contributed by atoms with Crippen molar-refractivity contribution < 1.29 is 4.79 Å². The van der Waals surface area contributed by atoms with Crippen molar-refractivity contribution in [3.63, 3.8) is 0 Å². The first-order valence-corrected chi connectivity index (χ1v) is 7.54. The van der Waals surface area contributed by atoms with Crippen molar-refractivity contribution in [3.05, 3.63) is 35.3 Å². The lowest BCUT2D eigenvalue weighted by Crippen LogP contribution is -2.21. The maximum absolute atomic E-state index is 12.3. The van der Waals surface area contributed by atoms with E-state index in [9.17, 15) is 4.79 Å². The molecule has 23 heavy (non-hydrogen) atoms. The third-order valence-corrected chi connectivity index (χ3v) is 3.64. The van der Waals surface area contributed by atoms with Gasteiger partial charge in [-0.3, -0.25) is 9.48 Å². The highest BCUT2D eigenvalue weighted by molar-refractivity contribution is 6.04. The number of likely N-dealkylation sites (N-methyl/N-ethyl adjacent to an activating group) is 1. The average Bonchev–Trinajstić information content (AvgIpc) is 2.74. The van der Waals surface area contributed by atoms with Crippen LogP contribution in [0.3, 0.4) is 0 Å². The normalized spacial score (nSPS) is 10.9. The van der Waals surface area contributed by atoms with Gasteiger partial charge in [0.2, 0.25) is 0 Å². The number of aryl methyl sites for hydroxylation is 2. The summed E-state index contributed by atoms with van der Waals surface area (Å²) in [7, 11) is 5.89. The lowest BCUT2D eigenvalue weighted by atomic mass is 10.2. The van der Waals surface area contributed by atoms with Crippen LogP contribution in [0, 0.1) is 13.8 Å². The van der Waals surface area contributed by atoms with Crippen LogP contribution in [0.4, 0.5) is 11.5 Å². The second-order valence-corrected chi connectivity index (χ2v) is 5.79. The van der Waals surface area contributed by atoms with Gasteiger partial charge in [0, 0.05) is 26.3 Å². The van der Waals surface area contributed by atoms with Crippen LogP contribution in [-0.4, -0.2) is 52.8 Å². The van der Waals surface area contributed by atoms with Gasteiger partial charge in [0.05, 0.1) is 22.6 Å². The number of nitrogens with one attached hydrogen (secondary N) is 2. The molecule has 0 spiro atoms. The van der Waals surface area contributed by atoms with Gasteiger partial charge in [-0.15, -0.1) is 0 Å². The fourth-order valence-corrected chi connectivity index (χ4v) is 2.18. The Kier molecular flexibility index (Phi) is 5.33. The largest absolute Gasteiger partial charge is 0.369 e. The third-order valence-electron chi connectivity index (χ3n) is 3.64. The van der Waals surface area contributed by atoms with E-state index >= 15 is 0 Å². The number of carbonyl (C=O) groups is 1. The van der Waals surface area contributed by atoms with Gasteiger partial charge in [-0.25, -0.2) is 4.98 Å². The third kappa shape index (κ3) is 4.29. The van der Waals surface area contributed by atoms with E-state index in [2.05, 4.69) is 25.6 Å². The summed E-state index contributed by atoms with van der Waals surface area (Å²) in [5.41, 5.74) is 3.00. The van der Waals surface area contributed by atoms with Gasteiger partial charge in [-0.05, 0) is 40.1 Å². The molecule has 0 unspecified atom stereocenters. The molecule has 0 bridgehead atoms. The Labute approximate surface area is 136 Å². The van der Waals surface area contributed by atoms with Crippen LogP contribution in [0.25, 0.3) is 0 Å². The molecule has 2 rings (SSSR count). The number of aromatic nitrogens is 3. The fourth-order valence-electron chi connectivity index (χ4n) is 2.18. The van der Waals surface area contributed by atoms with Gasteiger partial charge >= 0.3 is 0 Å². The minimum absolute atomic E-state index is 0.184. The zero-order valence-corrected chi connectivity index (χ0v) is 14.3. The molecule has 2 aromatic rings. The first kappa shape index (κ1) is 17.0. The van der Waals surface area contributed by atoms with E-state index in [1.807, 2.05) is 41.1 Å². The maximum Gasteiger partial charge on any atom is 0.257 e. The van der Waals surface area contributed by atoms with Crippen molar-refractivity contribution in [1.29, 1.82) is 0 Å². The van der Waals surface area contributed by atoms with Crippen molar-refractivity contribution in [1.82, 2.24) is 19.7 Å². The molecule has 124 valence electrons. The zero-order chi connectivity index (χ0) is 17.0. The molecule has 2 N–H and O–H groups in total. The number of rotatable bonds is 6. The molecule has 0 saturated heterocycles. The van der Waals surface area contributed by atoms with Crippen molar-refractivity contribution in [2.75, 3.05) is 37.8 Å². The highest BCUT2D eigenvalue weighted by atomic mass is 16.1. The number of carbonyl (C=O) groups excluding carboxylic acids is 1. The molecule has 1 amide bonds. The predicted octanol–water partition coefficient (Wildman–Crippen LogP) is 1.66. The molecule has 0 saturated carbocycles. The molecule has 0 aromatic carbocycles. The summed E-state index contributed by atoms with van der Waals surface area (Å²) in [6.07, 6.45) is 1.58. The summed E-state index contributed by atoms with van der Waals surface area (Å²) in [5.74, 6) is 0.577. The number of pyridine rings is 1. The Bertz CT molecular complexity index is 675. The van der Waals surface area contributed by atoms with Crippen LogP contribution in [0.2, 0.25) is 0 Å². The molecule has 7 heteroatoms. The van der Waals surface area contributed by atoms with Crippen LogP contribution in [0.5, 0.6) is 0 Å².